The van der Waals surface area contributed by atoms with E-state index in [1.54, 1.807) is 0 Å². The first kappa shape index (κ1) is 8.47. The van der Waals surface area contributed by atoms with Gasteiger partial charge in [-0.15, -0.1) is 0 Å². The van der Waals surface area contributed by atoms with Crippen molar-refractivity contribution in [3.8, 4) is 5.75 Å². The zero-order valence-corrected chi connectivity index (χ0v) is 7.94. The maximum absolute atomic E-state index is 5.57. The van der Waals surface area contributed by atoms with Crippen LogP contribution in [0.2, 0.25) is 0 Å². The molecule has 0 radical (unpaired) electrons. The molecule has 0 spiro atoms. The van der Waals surface area contributed by atoms with Gasteiger partial charge in [-0.05, 0) is 18.6 Å². The third-order valence-corrected chi connectivity index (χ3v) is 1.86. The second-order valence-corrected chi connectivity index (χ2v) is 4.24. The van der Waals surface area contributed by atoms with Gasteiger partial charge in [-0.3, -0.25) is 4.18 Å². The summed E-state index contributed by atoms with van der Waals surface area (Å²) in [7, 11) is 0. The lowest BCUT2D eigenvalue weighted by atomic mass is 10.2. The van der Waals surface area contributed by atoms with Crippen LogP contribution in [0.3, 0.4) is 0 Å². The number of aryl methyl sites for hydroxylation is 1. The van der Waals surface area contributed by atoms with Crippen molar-refractivity contribution in [2.24, 2.45) is 0 Å². The normalized spacial score (nSPS) is 10.2. The first-order valence-corrected chi connectivity index (χ1v) is 5.48. The van der Waals surface area contributed by atoms with E-state index in [9.17, 15) is 0 Å². The monoisotopic (exact) mass is 169 g/mol. The Balaban J connectivity index is 2.78. The predicted octanol–water partition coefficient (Wildman–Crippen LogP) is 2.17. The summed E-state index contributed by atoms with van der Waals surface area (Å²) in [5, 5.41) is 0. The molecule has 0 N–H and O–H groups in total. The predicted molar refractivity (Wildman–Crippen MR) is 51.0 cm³/mol. The van der Waals surface area contributed by atoms with Gasteiger partial charge in [0.15, 0.2) is 16.9 Å². The van der Waals surface area contributed by atoms with Gasteiger partial charge in [-0.2, -0.15) is 0 Å². The largest absolute Gasteiger partial charge is 0.286 e. The van der Waals surface area contributed by atoms with Crippen molar-refractivity contribution >= 4 is 11.2 Å². The molecular formula is C9H13OS+. The van der Waals surface area contributed by atoms with Crippen LogP contribution in [0.25, 0.3) is 0 Å². The van der Waals surface area contributed by atoms with E-state index in [0.717, 1.165) is 5.75 Å². The highest BCUT2D eigenvalue weighted by atomic mass is 32.2. The summed E-state index contributed by atoms with van der Waals surface area (Å²) < 4.78 is 5.57. The molecule has 0 atom stereocenters. The van der Waals surface area contributed by atoms with E-state index in [-0.39, 0.29) is 11.2 Å². The summed E-state index contributed by atoms with van der Waals surface area (Å²) in [5.41, 5.74) is 1.20. The average Bonchev–Trinajstić information content (AvgIpc) is 1.93. The molecule has 11 heavy (non-hydrogen) atoms. The van der Waals surface area contributed by atoms with Gasteiger partial charge in [0.2, 0.25) is 0 Å². The number of hydrogen-bond donors (Lipinski definition) is 0. The van der Waals surface area contributed by atoms with Gasteiger partial charge in [0.1, 0.15) is 12.5 Å². The molecule has 2 heteroatoms. The highest BCUT2D eigenvalue weighted by Gasteiger charge is 2.07. The number of rotatable bonds is 2. The Morgan fingerprint density at radius 3 is 2.36 bits per heavy atom. The molecule has 1 aromatic carbocycles. The minimum Gasteiger partial charge on any atom is -0.286 e. The fourth-order valence-corrected chi connectivity index (χ4v) is 1.38. The Bertz CT molecular complexity index is 233. The molecule has 0 saturated heterocycles. The van der Waals surface area contributed by atoms with Crippen LogP contribution < -0.4 is 4.18 Å². The molecule has 1 nitrogen and oxygen atoms in total. The summed E-state index contributed by atoms with van der Waals surface area (Å²) in [5.74, 6) is 1.00. The van der Waals surface area contributed by atoms with E-state index in [1.807, 2.05) is 18.2 Å². The fraction of sp³-hybridized carbons (Fsp3) is 0.333. The van der Waals surface area contributed by atoms with E-state index < -0.39 is 0 Å². The number of benzene rings is 1. The molecule has 0 aliphatic heterocycles. The van der Waals surface area contributed by atoms with Crippen LogP contribution in [-0.2, 0) is 11.2 Å². The van der Waals surface area contributed by atoms with Crippen molar-refractivity contribution in [3.63, 3.8) is 0 Å². The van der Waals surface area contributed by atoms with Crippen molar-refractivity contribution in [2.75, 3.05) is 12.5 Å². The van der Waals surface area contributed by atoms with Crippen LogP contribution in [0.15, 0.2) is 24.3 Å². The van der Waals surface area contributed by atoms with Crippen LogP contribution in [-0.4, -0.2) is 12.5 Å². The van der Waals surface area contributed by atoms with Gasteiger partial charge in [-0.1, -0.05) is 18.2 Å². The number of hydrogen-bond acceptors (Lipinski definition) is 1. The van der Waals surface area contributed by atoms with Gasteiger partial charge in [0, 0.05) is 0 Å². The van der Waals surface area contributed by atoms with Crippen LogP contribution in [0, 0.1) is 6.92 Å². The van der Waals surface area contributed by atoms with E-state index in [1.165, 1.54) is 5.56 Å². The Morgan fingerprint density at radius 2 is 1.82 bits per heavy atom. The number of para-hydroxylation sites is 1. The van der Waals surface area contributed by atoms with Crippen molar-refractivity contribution < 1.29 is 4.18 Å². The van der Waals surface area contributed by atoms with Gasteiger partial charge in [-0.25, -0.2) is 0 Å². The summed E-state index contributed by atoms with van der Waals surface area (Å²) in [4.78, 5) is 0. The molecule has 0 amide bonds. The maximum atomic E-state index is 5.57. The minimum atomic E-state index is 0.0232. The molecule has 0 fully saturated rings. The fourth-order valence-electron chi connectivity index (χ4n) is 0.829. The second kappa shape index (κ2) is 3.67. The SMILES string of the molecule is Cc1ccccc1O[S+](C)C. The second-order valence-electron chi connectivity index (χ2n) is 2.59. The molecular weight excluding hydrogens is 156 g/mol. The van der Waals surface area contributed by atoms with Crippen molar-refractivity contribution in [1.29, 1.82) is 0 Å². The highest BCUT2D eigenvalue weighted by Crippen LogP contribution is 2.17. The van der Waals surface area contributed by atoms with E-state index >= 15 is 0 Å². The van der Waals surface area contributed by atoms with E-state index in [2.05, 4.69) is 25.5 Å². The lowest BCUT2D eigenvalue weighted by Crippen LogP contribution is -2.05. The molecule has 0 bridgehead atoms. The third kappa shape index (κ3) is 2.46. The average molecular weight is 169 g/mol. The Hall–Kier alpha value is -0.630. The quantitative estimate of drug-likeness (QED) is 0.616. The first-order chi connectivity index (χ1) is 5.20. The van der Waals surface area contributed by atoms with Crippen LogP contribution in [0.5, 0.6) is 5.75 Å². The van der Waals surface area contributed by atoms with Crippen molar-refractivity contribution in [1.82, 2.24) is 0 Å². The molecule has 0 aliphatic rings. The lowest BCUT2D eigenvalue weighted by Gasteiger charge is -2.01. The third-order valence-electron chi connectivity index (χ3n) is 1.35. The van der Waals surface area contributed by atoms with Gasteiger partial charge in [0.05, 0.1) is 0 Å². The zero-order chi connectivity index (χ0) is 8.27. The lowest BCUT2D eigenvalue weighted by molar-refractivity contribution is 0.629. The van der Waals surface area contributed by atoms with Gasteiger partial charge in [0.25, 0.3) is 0 Å². The molecule has 0 heterocycles. The van der Waals surface area contributed by atoms with Gasteiger partial charge < -0.3 is 0 Å². The molecule has 0 unspecified atom stereocenters. The molecule has 1 rings (SSSR count). The maximum Gasteiger partial charge on any atom is 0.191 e. The Labute approximate surface area is 70.9 Å². The van der Waals surface area contributed by atoms with E-state index in [4.69, 9.17) is 4.18 Å². The summed E-state index contributed by atoms with van der Waals surface area (Å²) in [6.45, 7) is 2.06. The topological polar surface area (TPSA) is 9.23 Å². The molecule has 60 valence electrons. The minimum absolute atomic E-state index is 0.0232. The molecule has 0 saturated carbocycles. The summed E-state index contributed by atoms with van der Waals surface area (Å²) in [6, 6.07) is 8.07. The summed E-state index contributed by atoms with van der Waals surface area (Å²) in [6.07, 6.45) is 4.12. The zero-order valence-electron chi connectivity index (χ0n) is 7.13. The van der Waals surface area contributed by atoms with Crippen LogP contribution in [0.1, 0.15) is 5.56 Å². The van der Waals surface area contributed by atoms with Crippen molar-refractivity contribution in [3.05, 3.63) is 29.8 Å². The van der Waals surface area contributed by atoms with Crippen LogP contribution >= 0.6 is 0 Å². The van der Waals surface area contributed by atoms with E-state index in [0.29, 0.717) is 0 Å². The molecule has 0 aromatic heterocycles. The first-order valence-electron chi connectivity index (χ1n) is 3.51. The smallest absolute Gasteiger partial charge is 0.191 e. The Kier molecular flexibility index (Phi) is 2.83. The molecule has 1 aromatic rings. The van der Waals surface area contributed by atoms with Crippen LogP contribution in [0.4, 0.5) is 0 Å². The standard InChI is InChI=1S/C9H13OS/c1-8-6-4-5-7-9(8)10-11(2)3/h4-7H,1-3H3/q+1. The van der Waals surface area contributed by atoms with Gasteiger partial charge >= 0.3 is 0 Å². The highest BCUT2D eigenvalue weighted by molar-refractivity contribution is 7.91. The Morgan fingerprint density at radius 1 is 1.18 bits per heavy atom. The molecule has 0 aliphatic carbocycles. The summed E-state index contributed by atoms with van der Waals surface area (Å²) >= 11 is 0.0232. The van der Waals surface area contributed by atoms with Crippen molar-refractivity contribution in [2.45, 2.75) is 6.92 Å².